The molecule has 0 aliphatic carbocycles. The van der Waals surface area contributed by atoms with Crippen LogP contribution in [0, 0.1) is 11.3 Å². The number of ether oxygens (including phenoxy) is 3. The molecule has 3 nitrogen and oxygen atoms in total. The summed E-state index contributed by atoms with van der Waals surface area (Å²) in [5, 5.41) is 0. The molecule has 1 saturated heterocycles. The van der Waals surface area contributed by atoms with E-state index in [1.807, 2.05) is 6.08 Å². The second-order valence-electron chi connectivity index (χ2n) is 5.60. The number of hydrogen-bond acceptors (Lipinski definition) is 3. The smallest absolute Gasteiger partial charge is 0.159 e. The fraction of sp³-hybridized carbons (Fsp3) is 0.867. The topological polar surface area (TPSA) is 27.7 Å². The summed E-state index contributed by atoms with van der Waals surface area (Å²) in [4.78, 5) is 0. The van der Waals surface area contributed by atoms with E-state index in [0.717, 1.165) is 19.4 Å². The van der Waals surface area contributed by atoms with Gasteiger partial charge in [-0.2, -0.15) is 0 Å². The Bertz CT molecular complexity index is 242. The predicted octanol–water partition coefficient (Wildman–Crippen LogP) is 3.39. The molecule has 1 aliphatic rings. The molecule has 3 heteroatoms. The minimum Gasteiger partial charge on any atom is -0.378 e. The van der Waals surface area contributed by atoms with Crippen LogP contribution in [0.5, 0.6) is 0 Å². The van der Waals surface area contributed by atoms with Gasteiger partial charge in [0, 0.05) is 17.9 Å². The molecule has 0 aromatic heterocycles. The highest BCUT2D eigenvalue weighted by Gasteiger charge is 2.41. The molecule has 0 N–H and O–H groups in total. The van der Waals surface area contributed by atoms with Gasteiger partial charge in [-0.3, -0.25) is 0 Å². The Morgan fingerprint density at radius 2 is 1.94 bits per heavy atom. The first kappa shape index (κ1) is 15.7. The first-order valence-electron chi connectivity index (χ1n) is 7.01. The molecule has 106 valence electrons. The van der Waals surface area contributed by atoms with Gasteiger partial charge in [-0.25, -0.2) is 0 Å². The van der Waals surface area contributed by atoms with E-state index in [1.165, 1.54) is 0 Å². The lowest BCUT2D eigenvalue weighted by Crippen LogP contribution is -2.50. The second-order valence-corrected chi connectivity index (χ2v) is 5.60. The summed E-state index contributed by atoms with van der Waals surface area (Å²) in [5.41, 5.74) is -0.0810. The first-order chi connectivity index (χ1) is 8.55. The zero-order valence-corrected chi connectivity index (χ0v) is 12.3. The van der Waals surface area contributed by atoms with Crippen molar-refractivity contribution in [3.8, 4) is 0 Å². The zero-order valence-electron chi connectivity index (χ0n) is 12.3. The summed E-state index contributed by atoms with van der Waals surface area (Å²) in [7, 11) is 0. The maximum absolute atomic E-state index is 5.87. The van der Waals surface area contributed by atoms with Crippen LogP contribution < -0.4 is 0 Å². The lowest BCUT2D eigenvalue weighted by Gasteiger charge is -2.44. The second kappa shape index (κ2) is 7.27. The van der Waals surface area contributed by atoms with Crippen LogP contribution in [0.4, 0.5) is 0 Å². The van der Waals surface area contributed by atoms with Crippen LogP contribution in [0.2, 0.25) is 0 Å². The largest absolute Gasteiger partial charge is 0.378 e. The molecule has 0 aromatic carbocycles. The zero-order chi connectivity index (χ0) is 13.6. The molecule has 0 saturated carbocycles. The van der Waals surface area contributed by atoms with E-state index in [0.29, 0.717) is 19.1 Å². The van der Waals surface area contributed by atoms with Gasteiger partial charge in [0.2, 0.25) is 0 Å². The monoisotopic (exact) mass is 256 g/mol. The Balaban J connectivity index is 2.62. The van der Waals surface area contributed by atoms with Crippen molar-refractivity contribution >= 4 is 0 Å². The van der Waals surface area contributed by atoms with Crippen LogP contribution >= 0.6 is 0 Å². The molecule has 1 unspecified atom stereocenters. The lowest BCUT2D eigenvalue weighted by atomic mass is 9.80. The molecule has 1 rings (SSSR count). The van der Waals surface area contributed by atoms with E-state index in [2.05, 4.69) is 34.3 Å². The van der Waals surface area contributed by atoms with Crippen LogP contribution in [-0.4, -0.2) is 32.2 Å². The molecule has 1 aliphatic heterocycles. The van der Waals surface area contributed by atoms with Crippen LogP contribution in [0.25, 0.3) is 0 Å². The van der Waals surface area contributed by atoms with Gasteiger partial charge in [0.05, 0.1) is 19.3 Å². The van der Waals surface area contributed by atoms with Crippen molar-refractivity contribution in [2.75, 3.05) is 19.8 Å². The van der Waals surface area contributed by atoms with Gasteiger partial charge < -0.3 is 14.2 Å². The Kier molecular flexibility index (Phi) is 6.33. The SMILES string of the molecule is C=CCC1(C(C)OCCC)COC(C(C)C)OC1. The number of allylic oxidation sites excluding steroid dienone is 1. The average Bonchev–Trinajstić information content (AvgIpc) is 2.36. The lowest BCUT2D eigenvalue weighted by molar-refractivity contribution is -0.265. The van der Waals surface area contributed by atoms with Crippen LogP contribution in [0.15, 0.2) is 12.7 Å². The van der Waals surface area contributed by atoms with Gasteiger partial charge in [0.1, 0.15) is 0 Å². The summed E-state index contributed by atoms with van der Waals surface area (Å²) in [6.45, 7) is 14.5. The van der Waals surface area contributed by atoms with Gasteiger partial charge in [-0.15, -0.1) is 6.58 Å². The maximum atomic E-state index is 5.87. The van der Waals surface area contributed by atoms with E-state index >= 15 is 0 Å². The first-order valence-corrected chi connectivity index (χ1v) is 7.01. The molecular weight excluding hydrogens is 228 g/mol. The third kappa shape index (κ3) is 3.81. The minimum atomic E-state index is -0.0821. The van der Waals surface area contributed by atoms with E-state index in [-0.39, 0.29) is 17.8 Å². The third-order valence-electron chi connectivity index (χ3n) is 3.60. The Morgan fingerprint density at radius 1 is 1.33 bits per heavy atom. The summed E-state index contributed by atoms with van der Waals surface area (Å²) in [6, 6.07) is 0. The normalized spacial score (nSPS) is 30.4. The van der Waals surface area contributed by atoms with Crippen LogP contribution in [0.3, 0.4) is 0 Å². The van der Waals surface area contributed by atoms with E-state index < -0.39 is 0 Å². The molecule has 0 bridgehead atoms. The van der Waals surface area contributed by atoms with Gasteiger partial charge >= 0.3 is 0 Å². The van der Waals surface area contributed by atoms with E-state index in [4.69, 9.17) is 14.2 Å². The van der Waals surface area contributed by atoms with Crippen molar-refractivity contribution in [1.29, 1.82) is 0 Å². The van der Waals surface area contributed by atoms with Crippen molar-refractivity contribution in [3.05, 3.63) is 12.7 Å². The highest BCUT2D eigenvalue weighted by Crippen LogP contribution is 2.35. The fourth-order valence-electron chi connectivity index (χ4n) is 2.25. The van der Waals surface area contributed by atoms with E-state index in [9.17, 15) is 0 Å². The number of hydrogen-bond donors (Lipinski definition) is 0. The maximum Gasteiger partial charge on any atom is 0.159 e. The summed E-state index contributed by atoms with van der Waals surface area (Å²) < 4.78 is 17.6. The molecule has 1 fully saturated rings. The standard InChI is InChI=1S/C15H28O3/c1-6-8-15(13(5)16-9-7-2)10-17-14(12(3)4)18-11-15/h6,12-14H,1,7-11H2,2-5H3. The quantitative estimate of drug-likeness (QED) is 0.653. The van der Waals surface area contributed by atoms with E-state index in [1.54, 1.807) is 0 Å². The molecule has 0 aromatic rings. The third-order valence-corrected chi connectivity index (χ3v) is 3.60. The summed E-state index contributed by atoms with van der Waals surface area (Å²) in [6.07, 6.45) is 3.88. The van der Waals surface area contributed by atoms with Gasteiger partial charge in [-0.05, 0) is 19.8 Å². The molecule has 1 atom stereocenters. The van der Waals surface area contributed by atoms with Crippen molar-refractivity contribution in [2.45, 2.75) is 52.9 Å². The van der Waals surface area contributed by atoms with Gasteiger partial charge in [0.15, 0.2) is 6.29 Å². The highest BCUT2D eigenvalue weighted by atomic mass is 16.7. The van der Waals surface area contributed by atoms with Gasteiger partial charge in [0.25, 0.3) is 0 Å². The van der Waals surface area contributed by atoms with Crippen molar-refractivity contribution in [1.82, 2.24) is 0 Å². The van der Waals surface area contributed by atoms with Crippen LogP contribution in [-0.2, 0) is 14.2 Å². The molecule has 1 heterocycles. The molecular formula is C15H28O3. The summed E-state index contributed by atoms with van der Waals surface area (Å²) >= 11 is 0. The Morgan fingerprint density at radius 3 is 2.39 bits per heavy atom. The van der Waals surface area contributed by atoms with Crippen molar-refractivity contribution < 1.29 is 14.2 Å². The Hall–Kier alpha value is -0.380. The highest BCUT2D eigenvalue weighted by molar-refractivity contribution is 4.93. The fourth-order valence-corrected chi connectivity index (χ4v) is 2.25. The predicted molar refractivity (Wildman–Crippen MR) is 73.5 cm³/mol. The van der Waals surface area contributed by atoms with Gasteiger partial charge in [-0.1, -0.05) is 26.8 Å². The average molecular weight is 256 g/mol. The van der Waals surface area contributed by atoms with Crippen molar-refractivity contribution in [2.24, 2.45) is 11.3 Å². The molecule has 0 radical (unpaired) electrons. The Labute approximate surface area is 111 Å². The van der Waals surface area contributed by atoms with Crippen LogP contribution in [0.1, 0.15) is 40.5 Å². The molecule has 18 heavy (non-hydrogen) atoms. The number of rotatable bonds is 7. The molecule has 0 spiro atoms. The summed E-state index contributed by atoms with van der Waals surface area (Å²) in [5.74, 6) is 0.388. The molecule has 0 amide bonds. The minimum absolute atomic E-state index is 0.0810. The van der Waals surface area contributed by atoms with Crippen molar-refractivity contribution in [3.63, 3.8) is 0 Å².